The molecule has 0 aliphatic heterocycles. The highest BCUT2D eigenvalue weighted by Crippen LogP contribution is 2.19. The van der Waals surface area contributed by atoms with E-state index in [4.69, 9.17) is 4.74 Å². The van der Waals surface area contributed by atoms with Crippen LogP contribution in [0.3, 0.4) is 0 Å². The number of pyridine rings is 1. The standard InChI is InChI=1S/C20H21N3O4/c1-12(2)17(20(26)27-3)23-10-6-9-15(19(23)25)22-18(24)16-11-13-7-4-5-8-14(13)21-16/h4-12,17,21H,1-3H3,(H,22,24). The van der Waals surface area contributed by atoms with Gasteiger partial charge in [0.1, 0.15) is 17.4 Å². The van der Waals surface area contributed by atoms with Gasteiger partial charge in [0.2, 0.25) is 0 Å². The zero-order valence-electron chi connectivity index (χ0n) is 15.4. The van der Waals surface area contributed by atoms with Crippen molar-refractivity contribution in [1.82, 2.24) is 9.55 Å². The Morgan fingerprint density at radius 3 is 2.56 bits per heavy atom. The zero-order chi connectivity index (χ0) is 19.6. The summed E-state index contributed by atoms with van der Waals surface area (Å²) in [6, 6.07) is 11.6. The van der Waals surface area contributed by atoms with Crippen molar-refractivity contribution in [2.45, 2.75) is 19.9 Å². The van der Waals surface area contributed by atoms with Gasteiger partial charge in [-0.25, -0.2) is 4.79 Å². The minimum Gasteiger partial charge on any atom is -0.467 e. The molecule has 0 bridgehead atoms. The number of aromatic nitrogens is 2. The molecular formula is C20H21N3O4. The van der Waals surface area contributed by atoms with Crippen LogP contribution in [0.4, 0.5) is 5.69 Å². The van der Waals surface area contributed by atoms with E-state index in [1.807, 2.05) is 38.1 Å². The van der Waals surface area contributed by atoms with Crippen molar-refractivity contribution in [3.8, 4) is 0 Å². The first-order chi connectivity index (χ1) is 12.9. The molecule has 2 heterocycles. The molecule has 0 saturated carbocycles. The number of hydrogen-bond donors (Lipinski definition) is 2. The Labute approximate surface area is 156 Å². The number of fused-ring (bicyclic) bond motifs is 1. The Balaban J connectivity index is 1.92. The molecule has 0 saturated heterocycles. The first-order valence-electron chi connectivity index (χ1n) is 8.60. The normalized spacial score (nSPS) is 12.1. The number of hydrogen-bond acceptors (Lipinski definition) is 4. The average molecular weight is 367 g/mol. The zero-order valence-corrected chi connectivity index (χ0v) is 15.4. The number of para-hydroxylation sites is 1. The van der Waals surface area contributed by atoms with Crippen LogP contribution >= 0.6 is 0 Å². The van der Waals surface area contributed by atoms with Crippen LogP contribution in [0.2, 0.25) is 0 Å². The molecule has 0 radical (unpaired) electrons. The van der Waals surface area contributed by atoms with E-state index >= 15 is 0 Å². The second-order valence-electron chi connectivity index (χ2n) is 6.57. The number of rotatable bonds is 5. The van der Waals surface area contributed by atoms with E-state index in [0.717, 1.165) is 10.9 Å². The largest absolute Gasteiger partial charge is 0.467 e. The summed E-state index contributed by atoms with van der Waals surface area (Å²) in [6.07, 6.45) is 1.52. The molecule has 1 unspecified atom stereocenters. The number of methoxy groups -OCH3 is 1. The molecule has 1 amide bonds. The van der Waals surface area contributed by atoms with Gasteiger partial charge in [0.25, 0.3) is 11.5 Å². The summed E-state index contributed by atoms with van der Waals surface area (Å²) in [7, 11) is 1.28. The number of H-pyrrole nitrogens is 1. The average Bonchev–Trinajstić information content (AvgIpc) is 3.08. The van der Waals surface area contributed by atoms with E-state index in [9.17, 15) is 14.4 Å². The third-order valence-corrected chi connectivity index (χ3v) is 4.37. The molecule has 0 aliphatic rings. The molecule has 27 heavy (non-hydrogen) atoms. The molecule has 0 aliphatic carbocycles. The summed E-state index contributed by atoms with van der Waals surface area (Å²) >= 11 is 0. The Morgan fingerprint density at radius 1 is 1.15 bits per heavy atom. The fraction of sp³-hybridized carbons (Fsp3) is 0.250. The van der Waals surface area contributed by atoms with Crippen LogP contribution in [0.5, 0.6) is 0 Å². The van der Waals surface area contributed by atoms with Crippen molar-refractivity contribution in [3.05, 3.63) is 64.7 Å². The highest BCUT2D eigenvalue weighted by molar-refractivity contribution is 6.05. The number of nitrogens with zero attached hydrogens (tertiary/aromatic N) is 1. The van der Waals surface area contributed by atoms with E-state index in [-0.39, 0.29) is 11.6 Å². The van der Waals surface area contributed by atoms with E-state index in [1.54, 1.807) is 12.1 Å². The fourth-order valence-corrected chi connectivity index (χ4v) is 3.04. The van der Waals surface area contributed by atoms with Crippen molar-refractivity contribution in [3.63, 3.8) is 0 Å². The Bertz CT molecular complexity index is 1020. The van der Waals surface area contributed by atoms with Crippen molar-refractivity contribution in [2.24, 2.45) is 5.92 Å². The fourth-order valence-electron chi connectivity index (χ4n) is 3.04. The lowest BCUT2D eigenvalue weighted by Crippen LogP contribution is -2.35. The maximum Gasteiger partial charge on any atom is 0.329 e. The van der Waals surface area contributed by atoms with Gasteiger partial charge in [-0.1, -0.05) is 32.0 Å². The summed E-state index contributed by atoms with van der Waals surface area (Å²) in [6.45, 7) is 3.65. The number of nitrogens with one attached hydrogen (secondary N) is 2. The van der Waals surface area contributed by atoms with Crippen molar-refractivity contribution < 1.29 is 14.3 Å². The van der Waals surface area contributed by atoms with Crippen LogP contribution in [-0.2, 0) is 9.53 Å². The van der Waals surface area contributed by atoms with Crippen LogP contribution in [0.15, 0.2) is 53.5 Å². The van der Waals surface area contributed by atoms with Gasteiger partial charge in [0, 0.05) is 17.1 Å². The quantitative estimate of drug-likeness (QED) is 0.678. The van der Waals surface area contributed by atoms with E-state index in [0.29, 0.717) is 5.69 Å². The molecule has 1 atom stereocenters. The molecular weight excluding hydrogens is 346 g/mol. The number of anilines is 1. The number of carbonyl (C=O) groups excluding carboxylic acids is 2. The van der Waals surface area contributed by atoms with Gasteiger partial charge in [0.15, 0.2) is 0 Å². The summed E-state index contributed by atoms with van der Waals surface area (Å²) in [5.41, 5.74) is 0.805. The number of aromatic amines is 1. The number of amides is 1. The van der Waals surface area contributed by atoms with Crippen molar-refractivity contribution in [1.29, 1.82) is 0 Å². The monoisotopic (exact) mass is 367 g/mol. The second kappa shape index (κ2) is 7.49. The lowest BCUT2D eigenvalue weighted by molar-refractivity contribution is -0.146. The third-order valence-electron chi connectivity index (χ3n) is 4.37. The van der Waals surface area contributed by atoms with Crippen LogP contribution in [0.1, 0.15) is 30.4 Å². The lowest BCUT2D eigenvalue weighted by Gasteiger charge is -2.21. The first kappa shape index (κ1) is 18.4. The number of ether oxygens (including phenoxy) is 1. The minimum atomic E-state index is -0.771. The Kier molecular flexibility index (Phi) is 5.12. The molecule has 140 valence electrons. The predicted molar refractivity (Wildman–Crippen MR) is 103 cm³/mol. The summed E-state index contributed by atoms with van der Waals surface area (Å²) in [4.78, 5) is 40.5. The lowest BCUT2D eigenvalue weighted by atomic mass is 10.0. The van der Waals surface area contributed by atoms with Crippen molar-refractivity contribution >= 4 is 28.5 Å². The van der Waals surface area contributed by atoms with Gasteiger partial charge >= 0.3 is 5.97 Å². The first-order valence-corrected chi connectivity index (χ1v) is 8.60. The summed E-state index contributed by atoms with van der Waals surface area (Å²) in [5.74, 6) is -1.10. The molecule has 3 aromatic rings. The van der Waals surface area contributed by atoms with Gasteiger partial charge in [-0.15, -0.1) is 0 Å². The van der Waals surface area contributed by atoms with Gasteiger partial charge < -0.3 is 15.0 Å². The molecule has 2 N–H and O–H groups in total. The maximum absolute atomic E-state index is 12.8. The second-order valence-corrected chi connectivity index (χ2v) is 6.57. The highest BCUT2D eigenvalue weighted by atomic mass is 16.5. The van der Waals surface area contributed by atoms with Gasteiger partial charge in [-0.2, -0.15) is 0 Å². The number of esters is 1. The predicted octanol–water partition coefficient (Wildman–Crippen LogP) is 2.95. The van der Waals surface area contributed by atoms with Crippen LogP contribution < -0.4 is 10.9 Å². The third kappa shape index (κ3) is 3.62. The van der Waals surface area contributed by atoms with E-state index < -0.39 is 23.5 Å². The smallest absolute Gasteiger partial charge is 0.329 e. The number of carbonyl (C=O) groups is 2. The Hall–Kier alpha value is -3.35. The van der Waals surface area contributed by atoms with E-state index in [1.165, 1.54) is 23.9 Å². The van der Waals surface area contributed by atoms with Gasteiger partial charge in [0.05, 0.1) is 7.11 Å². The summed E-state index contributed by atoms with van der Waals surface area (Å²) < 4.78 is 6.11. The maximum atomic E-state index is 12.8. The topological polar surface area (TPSA) is 93.2 Å². The van der Waals surface area contributed by atoms with Crippen LogP contribution in [0, 0.1) is 5.92 Å². The highest BCUT2D eigenvalue weighted by Gasteiger charge is 2.26. The van der Waals surface area contributed by atoms with Gasteiger partial charge in [-0.3, -0.25) is 14.2 Å². The SMILES string of the molecule is COC(=O)C(C(C)C)n1cccc(NC(=O)c2cc3ccccc3[nH]2)c1=O. The molecule has 2 aromatic heterocycles. The van der Waals surface area contributed by atoms with Crippen LogP contribution in [-0.4, -0.2) is 28.5 Å². The van der Waals surface area contributed by atoms with Crippen molar-refractivity contribution in [2.75, 3.05) is 12.4 Å². The molecule has 7 nitrogen and oxygen atoms in total. The molecule has 3 rings (SSSR count). The molecule has 0 fully saturated rings. The van der Waals surface area contributed by atoms with Gasteiger partial charge in [-0.05, 0) is 30.2 Å². The molecule has 7 heteroatoms. The summed E-state index contributed by atoms with van der Waals surface area (Å²) in [5, 5.41) is 3.52. The minimum absolute atomic E-state index is 0.0932. The number of benzene rings is 1. The Morgan fingerprint density at radius 2 is 1.89 bits per heavy atom. The van der Waals surface area contributed by atoms with E-state index in [2.05, 4.69) is 10.3 Å². The molecule has 1 aromatic carbocycles. The van der Waals surface area contributed by atoms with Crippen LogP contribution in [0.25, 0.3) is 10.9 Å². The molecule has 0 spiro atoms.